The van der Waals surface area contributed by atoms with Gasteiger partial charge in [-0.2, -0.15) is 0 Å². The van der Waals surface area contributed by atoms with Gasteiger partial charge in [-0.05, 0) is 37.4 Å². The number of carbonyl (C=O) groups excluding carboxylic acids is 1. The topological polar surface area (TPSA) is 102 Å². The highest BCUT2D eigenvalue weighted by atomic mass is 16.6. The minimum Gasteiger partial charge on any atom is -0.366 e. The van der Waals surface area contributed by atoms with E-state index in [1.54, 1.807) is 12.1 Å². The Labute approximate surface area is 122 Å². The van der Waals surface area contributed by atoms with Gasteiger partial charge in [-0.1, -0.05) is 0 Å². The van der Waals surface area contributed by atoms with Gasteiger partial charge in [-0.15, -0.1) is 0 Å². The van der Waals surface area contributed by atoms with Crippen LogP contribution < -0.4 is 16.0 Å². The summed E-state index contributed by atoms with van der Waals surface area (Å²) < 4.78 is 0. The number of carbonyl (C=O) groups is 1. The average molecular weight is 290 g/mol. The van der Waals surface area contributed by atoms with Gasteiger partial charge in [0, 0.05) is 30.8 Å². The molecule has 1 aromatic carbocycles. The first-order valence-electron chi connectivity index (χ1n) is 7.13. The lowest BCUT2D eigenvalue weighted by Gasteiger charge is -2.24. The maximum atomic E-state index is 11.3. The van der Waals surface area contributed by atoms with Crippen LogP contribution in [0, 0.1) is 16.0 Å². The number of nitro groups is 1. The molecule has 2 unspecified atom stereocenters. The highest BCUT2D eigenvalue weighted by molar-refractivity contribution is 5.94. The molecule has 2 atom stereocenters. The molecule has 0 bridgehead atoms. The Morgan fingerprint density at radius 2 is 2.24 bits per heavy atom. The third kappa shape index (κ3) is 2.56. The number of nitro benzene ring substituents is 1. The molecule has 0 aromatic heterocycles. The van der Waals surface area contributed by atoms with Gasteiger partial charge in [-0.25, -0.2) is 0 Å². The molecule has 21 heavy (non-hydrogen) atoms. The Bertz CT molecular complexity index is 576. The van der Waals surface area contributed by atoms with Crippen LogP contribution in [0.15, 0.2) is 18.2 Å². The van der Waals surface area contributed by atoms with Crippen molar-refractivity contribution in [1.29, 1.82) is 0 Å². The number of rotatable bonds is 3. The van der Waals surface area contributed by atoms with Crippen LogP contribution in [0.2, 0.25) is 0 Å². The molecule has 1 aromatic rings. The Morgan fingerprint density at radius 3 is 2.90 bits per heavy atom. The quantitative estimate of drug-likeness (QED) is 0.635. The van der Waals surface area contributed by atoms with Gasteiger partial charge in [-0.3, -0.25) is 14.9 Å². The number of fused-ring (bicyclic) bond motifs is 1. The van der Waals surface area contributed by atoms with Crippen molar-refractivity contribution in [1.82, 2.24) is 5.32 Å². The molecule has 2 aliphatic rings. The Kier molecular flexibility index (Phi) is 3.50. The van der Waals surface area contributed by atoms with E-state index in [0.29, 0.717) is 17.6 Å². The summed E-state index contributed by atoms with van der Waals surface area (Å²) in [5.74, 6) is -0.115. The van der Waals surface area contributed by atoms with Crippen LogP contribution in [0.1, 0.15) is 23.2 Å². The van der Waals surface area contributed by atoms with Crippen molar-refractivity contribution in [2.75, 3.05) is 24.5 Å². The zero-order chi connectivity index (χ0) is 15.0. The van der Waals surface area contributed by atoms with E-state index in [2.05, 4.69) is 5.32 Å². The van der Waals surface area contributed by atoms with Crippen molar-refractivity contribution in [3.63, 3.8) is 0 Å². The second kappa shape index (κ2) is 5.33. The predicted octanol–water partition coefficient (Wildman–Crippen LogP) is 0.882. The first kappa shape index (κ1) is 13.8. The lowest BCUT2D eigenvalue weighted by molar-refractivity contribution is -0.384. The van der Waals surface area contributed by atoms with Crippen LogP contribution in [-0.2, 0) is 0 Å². The molecule has 1 amide bonds. The maximum Gasteiger partial charge on any atom is 0.293 e. The fourth-order valence-corrected chi connectivity index (χ4v) is 3.33. The van der Waals surface area contributed by atoms with E-state index < -0.39 is 10.8 Å². The van der Waals surface area contributed by atoms with E-state index in [-0.39, 0.29) is 11.3 Å². The number of amides is 1. The monoisotopic (exact) mass is 290 g/mol. The SMILES string of the molecule is NC(=O)c1ccc(N2CC3CCCNC3C2)c([N+](=O)[O-])c1. The molecule has 0 spiro atoms. The summed E-state index contributed by atoms with van der Waals surface area (Å²) in [5.41, 5.74) is 5.88. The van der Waals surface area contributed by atoms with Gasteiger partial charge < -0.3 is 16.0 Å². The van der Waals surface area contributed by atoms with Crippen molar-refractivity contribution in [2.45, 2.75) is 18.9 Å². The third-order valence-corrected chi connectivity index (χ3v) is 4.40. The molecule has 0 saturated carbocycles. The summed E-state index contributed by atoms with van der Waals surface area (Å²) in [5, 5.41) is 14.8. The lowest BCUT2D eigenvalue weighted by atomic mass is 9.94. The summed E-state index contributed by atoms with van der Waals surface area (Å²) in [6.45, 7) is 2.59. The molecule has 2 aliphatic heterocycles. The lowest BCUT2D eigenvalue weighted by Crippen LogP contribution is -2.40. The van der Waals surface area contributed by atoms with E-state index in [1.807, 2.05) is 4.90 Å². The number of benzene rings is 1. The number of primary amides is 1. The van der Waals surface area contributed by atoms with Crippen LogP contribution in [0.3, 0.4) is 0 Å². The van der Waals surface area contributed by atoms with Crippen molar-refractivity contribution < 1.29 is 9.72 Å². The third-order valence-electron chi connectivity index (χ3n) is 4.40. The summed E-state index contributed by atoms with van der Waals surface area (Å²) in [4.78, 5) is 24.1. The molecule has 112 valence electrons. The van der Waals surface area contributed by atoms with E-state index >= 15 is 0 Å². The summed E-state index contributed by atoms with van der Waals surface area (Å²) >= 11 is 0. The molecule has 3 N–H and O–H groups in total. The van der Waals surface area contributed by atoms with E-state index in [4.69, 9.17) is 5.73 Å². The number of piperidine rings is 1. The van der Waals surface area contributed by atoms with Crippen molar-refractivity contribution >= 4 is 17.3 Å². The zero-order valence-corrected chi connectivity index (χ0v) is 11.6. The molecule has 0 radical (unpaired) electrons. The fourth-order valence-electron chi connectivity index (χ4n) is 3.33. The number of nitrogens with one attached hydrogen (secondary N) is 1. The Balaban J connectivity index is 1.91. The summed E-state index contributed by atoms with van der Waals surface area (Å²) in [6.07, 6.45) is 2.30. The van der Waals surface area contributed by atoms with Gasteiger partial charge in [0.15, 0.2) is 0 Å². The molecular weight excluding hydrogens is 272 g/mol. The first-order valence-corrected chi connectivity index (χ1v) is 7.13. The van der Waals surface area contributed by atoms with E-state index in [1.165, 1.54) is 6.07 Å². The molecule has 3 rings (SSSR count). The number of hydrogen-bond donors (Lipinski definition) is 2. The van der Waals surface area contributed by atoms with Crippen LogP contribution in [0.4, 0.5) is 11.4 Å². The maximum absolute atomic E-state index is 11.3. The van der Waals surface area contributed by atoms with Crippen LogP contribution in [0.5, 0.6) is 0 Å². The zero-order valence-electron chi connectivity index (χ0n) is 11.6. The van der Waals surface area contributed by atoms with Crippen LogP contribution >= 0.6 is 0 Å². The largest absolute Gasteiger partial charge is 0.366 e. The molecule has 7 nitrogen and oxygen atoms in total. The van der Waals surface area contributed by atoms with Gasteiger partial charge in [0.2, 0.25) is 5.91 Å². The minimum atomic E-state index is -0.651. The van der Waals surface area contributed by atoms with Gasteiger partial charge >= 0.3 is 0 Å². The normalized spacial score (nSPS) is 24.7. The van der Waals surface area contributed by atoms with Gasteiger partial charge in [0.1, 0.15) is 5.69 Å². The highest BCUT2D eigenvalue weighted by Gasteiger charge is 2.36. The van der Waals surface area contributed by atoms with Gasteiger partial charge in [0.25, 0.3) is 5.69 Å². The van der Waals surface area contributed by atoms with Crippen molar-refractivity contribution in [2.24, 2.45) is 11.7 Å². The number of nitrogens with two attached hydrogens (primary N) is 1. The number of hydrogen-bond acceptors (Lipinski definition) is 5. The van der Waals surface area contributed by atoms with E-state index in [9.17, 15) is 14.9 Å². The smallest absolute Gasteiger partial charge is 0.293 e. The summed E-state index contributed by atoms with van der Waals surface area (Å²) in [7, 11) is 0. The van der Waals surface area contributed by atoms with Crippen molar-refractivity contribution in [3.05, 3.63) is 33.9 Å². The van der Waals surface area contributed by atoms with Crippen LogP contribution in [-0.4, -0.2) is 36.5 Å². The van der Waals surface area contributed by atoms with Crippen LogP contribution in [0.25, 0.3) is 0 Å². The Hall–Kier alpha value is -2.15. The fraction of sp³-hybridized carbons (Fsp3) is 0.500. The predicted molar refractivity (Wildman–Crippen MR) is 78.3 cm³/mol. The molecule has 7 heteroatoms. The number of nitrogens with zero attached hydrogens (tertiary/aromatic N) is 2. The second-order valence-corrected chi connectivity index (χ2v) is 5.69. The molecule has 2 saturated heterocycles. The standard InChI is InChI=1S/C14H18N4O3/c15-14(19)9-3-4-12(13(6-9)18(20)21)17-7-10-2-1-5-16-11(10)8-17/h3-4,6,10-11,16H,1-2,5,7-8H2,(H2,15,19). The minimum absolute atomic E-state index is 0.0510. The number of anilines is 1. The Morgan fingerprint density at radius 1 is 1.43 bits per heavy atom. The van der Waals surface area contributed by atoms with Crippen molar-refractivity contribution in [3.8, 4) is 0 Å². The molecular formula is C14H18N4O3. The van der Waals surface area contributed by atoms with Gasteiger partial charge in [0.05, 0.1) is 4.92 Å². The molecule has 2 heterocycles. The first-order chi connectivity index (χ1) is 10.1. The second-order valence-electron chi connectivity index (χ2n) is 5.69. The summed E-state index contributed by atoms with van der Waals surface area (Å²) in [6, 6.07) is 4.86. The molecule has 0 aliphatic carbocycles. The molecule has 2 fully saturated rings. The average Bonchev–Trinajstić information content (AvgIpc) is 2.90. The highest BCUT2D eigenvalue weighted by Crippen LogP contribution is 2.35. The van der Waals surface area contributed by atoms with E-state index in [0.717, 1.165) is 32.5 Å².